The number of fused-ring (bicyclic) bond motifs is 1. The largest absolute Gasteiger partial charge is 0.309 e. The van der Waals surface area contributed by atoms with Crippen LogP contribution < -0.4 is 4.90 Å². The predicted molar refractivity (Wildman–Crippen MR) is 113 cm³/mol. The SMILES string of the molecule is C[C@]1(CCC(=O)c2ccccc2)C(=O)N(c2ccccc2)[C@@H]2CCC[C@@H](Cl)[C@@H]21. The minimum absolute atomic E-state index is 0.0340. The van der Waals surface area contributed by atoms with E-state index in [2.05, 4.69) is 0 Å². The molecule has 28 heavy (non-hydrogen) atoms. The van der Waals surface area contributed by atoms with Crippen molar-refractivity contribution in [1.82, 2.24) is 0 Å². The summed E-state index contributed by atoms with van der Waals surface area (Å²) in [5, 5.41) is -0.0340. The van der Waals surface area contributed by atoms with Crippen LogP contribution in [0.4, 0.5) is 5.69 Å². The molecule has 4 heteroatoms. The van der Waals surface area contributed by atoms with E-state index >= 15 is 0 Å². The maximum Gasteiger partial charge on any atom is 0.233 e. The van der Waals surface area contributed by atoms with E-state index in [1.807, 2.05) is 72.5 Å². The molecule has 0 unspecified atom stereocenters. The molecule has 3 nitrogen and oxygen atoms in total. The number of para-hydroxylation sites is 1. The number of halogens is 1. The zero-order chi connectivity index (χ0) is 19.7. The molecule has 2 aromatic carbocycles. The van der Waals surface area contributed by atoms with Crippen LogP contribution in [-0.2, 0) is 4.79 Å². The highest BCUT2D eigenvalue weighted by Gasteiger charge is 2.59. The lowest BCUT2D eigenvalue weighted by Crippen LogP contribution is -2.41. The van der Waals surface area contributed by atoms with Crippen LogP contribution in [0.1, 0.15) is 49.4 Å². The minimum atomic E-state index is -0.613. The van der Waals surface area contributed by atoms with Crippen molar-refractivity contribution in [2.24, 2.45) is 11.3 Å². The summed E-state index contributed by atoms with van der Waals surface area (Å²) in [5.74, 6) is 0.271. The number of nitrogens with zero attached hydrogens (tertiary/aromatic N) is 1. The smallest absolute Gasteiger partial charge is 0.233 e. The van der Waals surface area contributed by atoms with Crippen LogP contribution in [-0.4, -0.2) is 23.1 Å². The molecule has 1 aliphatic heterocycles. The maximum absolute atomic E-state index is 13.6. The first-order valence-electron chi connectivity index (χ1n) is 10.1. The molecule has 1 aliphatic carbocycles. The van der Waals surface area contributed by atoms with Gasteiger partial charge in [-0.05, 0) is 37.8 Å². The van der Waals surface area contributed by atoms with Crippen LogP contribution >= 0.6 is 11.6 Å². The summed E-state index contributed by atoms with van der Waals surface area (Å²) < 4.78 is 0. The molecule has 0 radical (unpaired) electrons. The topological polar surface area (TPSA) is 37.4 Å². The van der Waals surface area contributed by atoms with E-state index < -0.39 is 5.41 Å². The Morgan fingerprint density at radius 1 is 1.07 bits per heavy atom. The second kappa shape index (κ2) is 7.71. The van der Waals surface area contributed by atoms with E-state index in [1.165, 1.54) is 0 Å². The quantitative estimate of drug-likeness (QED) is 0.496. The van der Waals surface area contributed by atoms with Gasteiger partial charge in [0.2, 0.25) is 5.91 Å². The van der Waals surface area contributed by atoms with Gasteiger partial charge in [-0.15, -0.1) is 11.6 Å². The van der Waals surface area contributed by atoms with Gasteiger partial charge < -0.3 is 4.90 Å². The fourth-order valence-electron chi connectivity index (χ4n) is 5.12. The molecule has 4 rings (SSSR count). The fourth-order valence-corrected chi connectivity index (χ4v) is 5.72. The number of alkyl halides is 1. The molecule has 1 amide bonds. The standard InChI is InChI=1S/C24H26ClNO2/c1-24(16-15-21(27)17-9-4-2-5-10-17)22-19(25)13-8-14-20(22)26(23(24)28)18-11-6-3-7-12-18/h2-7,9-12,19-20,22H,8,13-16H2,1H3/t19-,20-,22+,24-/m1/s1. The number of Topliss-reactive ketones (excluding diaryl/α,β-unsaturated/α-hetero) is 1. The average Bonchev–Trinajstić information content (AvgIpc) is 2.96. The van der Waals surface area contributed by atoms with Gasteiger partial charge in [0, 0.05) is 35.0 Å². The van der Waals surface area contributed by atoms with Crippen molar-refractivity contribution in [3.63, 3.8) is 0 Å². The molecule has 146 valence electrons. The lowest BCUT2D eigenvalue weighted by Gasteiger charge is -2.38. The first-order valence-corrected chi connectivity index (χ1v) is 10.6. The van der Waals surface area contributed by atoms with Gasteiger partial charge in [-0.2, -0.15) is 0 Å². The Kier molecular flexibility index (Phi) is 5.29. The molecule has 2 aliphatic rings. The molecule has 1 saturated carbocycles. The zero-order valence-electron chi connectivity index (χ0n) is 16.2. The van der Waals surface area contributed by atoms with Gasteiger partial charge >= 0.3 is 0 Å². The van der Waals surface area contributed by atoms with Crippen molar-refractivity contribution >= 4 is 29.0 Å². The molecule has 1 saturated heterocycles. The lowest BCUT2D eigenvalue weighted by molar-refractivity contribution is -0.126. The molecule has 2 aromatic rings. The first-order chi connectivity index (χ1) is 13.5. The highest BCUT2D eigenvalue weighted by molar-refractivity contribution is 6.21. The lowest BCUT2D eigenvalue weighted by atomic mass is 9.68. The van der Waals surface area contributed by atoms with Gasteiger partial charge in [-0.3, -0.25) is 9.59 Å². The third-order valence-corrected chi connectivity index (χ3v) is 7.05. The molecule has 0 spiro atoms. The van der Waals surface area contributed by atoms with Crippen LogP contribution in [0.25, 0.3) is 0 Å². The zero-order valence-corrected chi connectivity index (χ0v) is 16.9. The summed E-state index contributed by atoms with van der Waals surface area (Å²) in [5.41, 5.74) is 1.03. The molecule has 1 heterocycles. The van der Waals surface area contributed by atoms with Gasteiger partial charge in [0.1, 0.15) is 0 Å². The monoisotopic (exact) mass is 395 g/mol. The minimum Gasteiger partial charge on any atom is -0.309 e. The summed E-state index contributed by atoms with van der Waals surface area (Å²) >= 11 is 6.79. The van der Waals surface area contributed by atoms with E-state index in [1.54, 1.807) is 0 Å². The predicted octanol–water partition coefficient (Wildman–Crippen LogP) is 5.48. The third kappa shape index (κ3) is 3.26. The van der Waals surface area contributed by atoms with Gasteiger partial charge in [0.05, 0.1) is 5.41 Å². The van der Waals surface area contributed by atoms with Gasteiger partial charge in [-0.1, -0.05) is 55.5 Å². The summed E-state index contributed by atoms with van der Waals surface area (Å²) in [6.45, 7) is 2.02. The summed E-state index contributed by atoms with van der Waals surface area (Å²) in [6.07, 6.45) is 3.83. The van der Waals surface area contributed by atoms with Crippen molar-refractivity contribution in [3.8, 4) is 0 Å². The Balaban J connectivity index is 1.62. The third-order valence-electron chi connectivity index (χ3n) is 6.56. The Bertz CT molecular complexity index is 853. The maximum atomic E-state index is 13.6. The summed E-state index contributed by atoms with van der Waals surface area (Å²) in [7, 11) is 0. The van der Waals surface area contributed by atoms with E-state index in [9.17, 15) is 9.59 Å². The van der Waals surface area contributed by atoms with Crippen molar-refractivity contribution in [1.29, 1.82) is 0 Å². The highest BCUT2D eigenvalue weighted by atomic mass is 35.5. The van der Waals surface area contributed by atoms with Gasteiger partial charge in [0.15, 0.2) is 5.78 Å². The Morgan fingerprint density at radius 2 is 1.71 bits per heavy atom. The Labute approximate surface area is 171 Å². The number of ketones is 1. The number of carbonyl (C=O) groups excluding carboxylic acids is 2. The Morgan fingerprint density at radius 3 is 2.39 bits per heavy atom. The average molecular weight is 396 g/mol. The highest BCUT2D eigenvalue weighted by Crippen LogP contribution is 2.53. The fraction of sp³-hybridized carbons (Fsp3) is 0.417. The molecular weight excluding hydrogens is 370 g/mol. The number of amides is 1. The second-order valence-electron chi connectivity index (χ2n) is 8.26. The summed E-state index contributed by atoms with van der Waals surface area (Å²) in [4.78, 5) is 28.3. The van der Waals surface area contributed by atoms with Crippen molar-refractivity contribution in [2.75, 3.05) is 4.90 Å². The molecular formula is C24H26ClNO2. The number of benzene rings is 2. The molecule has 4 atom stereocenters. The first kappa shape index (κ1) is 19.2. The van der Waals surface area contributed by atoms with Crippen molar-refractivity contribution in [2.45, 2.75) is 50.4 Å². The normalized spacial score (nSPS) is 29.6. The van der Waals surface area contributed by atoms with E-state index in [-0.39, 0.29) is 29.0 Å². The van der Waals surface area contributed by atoms with E-state index in [4.69, 9.17) is 11.6 Å². The number of carbonyl (C=O) groups is 2. The molecule has 0 N–H and O–H groups in total. The van der Waals surface area contributed by atoms with Gasteiger partial charge in [-0.25, -0.2) is 0 Å². The summed E-state index contributed by atoms with van der Waals surface area (Å²) in [6, 6.07) is 19.3. The Hall–Kier alpha value is -2.13. The van der Waals surface area contributed by atoms with Crippen molar-refractivity contribution in [3.05, 3.63) is 66.2 Å². The van der Waals surface area contributed by atoms with Crippen LogP contribution in [0.3, 0.4) is 0 Å². The van der Waals surface area contributed by atoms with Crippen LogP contribution in [0.5, 0.6) is 0 Å². The molecule has 0 aromatic heterocycles. The molecule has 2 fully saturated rings. The van der Waals surface area contributed by atoms with E-state index in [0.717, 1.165) is 24.9 Å². The number of hydrogen-bond acceptors (Lipinski definition) is 2. The number of rotatable bonds is 5. The van der Waals surface area contributed by atoms with E-state index in [0.29, 0.717) is 18.4 Å². The van der Waals surface area contributed by atoms with Crippen LogP contribution in [0, 0.1) is 11.3 Å². The number of anilines is 1. The van der Waals surface area contributed by atoms with Crippen molar-refractivity contribution < 1.29 is 9.59 Å². The second-order valence-corrected chi connectivity index (χ2v) is 8.82. The molecule has 0 bridgehead atoms. The van der Waals surface area contributed by atoms with Crippen LogP contribution in [0.2, 0.25) is 0 Å². The van der Waals surface area contributed by atoms with Gasteiger partial charge in [0.25, 0.3) is 0 Å². The number of hydrogen-bond donors (Lipinski definition) is 0. The van der Waals surface area contributed by atoms with Crippen LogP contribution in [0.15, 0.2) is 60.7 Å².